The minimum absolute atomic E-state index is 0.0244. The van der Waals surface area contributed by atoms with Gasteiger partial charge < -0.3 is 14.8 Å². The van der Waals surface area contributed by atoms with E-state index in [0.717, 1.165) is 10.9 Å². The second-order valence-electron chi connectivity index (χ2n) is 4.77. The van der Waals surface area contributed by atoms with Crippen molar-refractivity contribution in [2.75, 3.05) is 12.9 Å². The summed E-state index contributed by atoms with van der Waals surface area (Å²) < 4.78 is 5.63. The van der Waals surface area contributed by atoms with Gasteiger partial charge in [0, 0.05) is 22.2 Å². The van der Waals surface area contributed by atoms with Gasteiger partial charge in [-0.3, -0.25) is 4.79 Å². The summed E-state index contributed by atoms with van der Waals surface area (Å²) in [5.74, 6) is 0.106. The lowest BCUT2D eigenvalue weighted by Crippen LogP contribution is -2.41. The molecule has 0 spiro atoms. The second kappa shape index (κ2) is 6.33. The molecule has 0 aliphatic carbocycles. The number of hydrogen-bond acceptors (Lipinski definition) is 4. The van der Waals surface area contributed by atoms with E-state index in [9.17, 15) is 9.90 Å². The highest BCUT2D eigenvalue weighted by molar-refractivity contribution is 7.99. The van der Waals surface area contributed by atoms with E-state index in [2.05, 4.69) is 5.32 Å². The van der Waals surface area contributed by atoms with Gasteiger partial charge in [0.2, 0.25) is 0 Å². The van der Waals surface area contributed by atoms with Gasteiger partial charge >= 0.3 is 0 Å². The van der Waals surface area contributed by atoms with E-state index in [1.54, 1.807) is 0 Å². The van der Waals surface area contributed by atoms with Crippen LogP contribution >= 0.6 is 11.8 Å². The molecular weight excluding hydrogens is 274 g/mol. The van der Waals surface area contributed by atoms with Gasteiger partial charge in [-0.15, -0.1) is 0 Å². The fraction of sp³-hybridized carbons (Fsp3) is 0.400. The summed E-state index contributed by atoms with van der Waals surface area (Å²) in [5, 5.41) is 13.1. The van der Waals surface area contributed by atoms with E-state index in [1.807, 2.05) is 44.4 Å². The Hall–Kier alpha value is -1.46. The highest BCUT2D eigenvalue weighted by Crippen LogP contribution is 2.25. The van der Waals surface area contributed by atoms with Crippen LogP contribution in [0.25, 0.3) is 11.0 Å². The van der Waals surface area contributed by atoms with Gasteiger partial charge in [0.05, 0.1) is 6.61 Å². The zero-order chi connectivity index (χ0) is 14.7. The Kier molecular flexibility index (Phi) is 4.73. The van der Waals surface area contributed by atoms with Crippen molar-refractivity contribution in [3.63, 3.8) is 0 Å². The topological polar surface area (TPSA) is 62.5 Å². The number of carbonyl (C=O) groups excluding carboxylic acids is 1. The van der Waals surface area contributed by atoms with E-state index in [-0.39, 0.29) is 23.8 Å². The zero-order valence-electron chi connectivity index (χ0n) is 11.8. The molecular formula is C15H19NO3S. The fourth-order valence-corrected chi connectivity index (χ4v) is 2.82. The zero-order valence-corrected chi connectivity index (χ0v) is 12.7. The van der Waals surface area contributed by atoms with Crippen molar-refractivity contribution in [1.82, 2.24) is 5.32 Å². The molecule has 2 rings (SSSR count). The molecule has 5 heteroatoms. The van der Waals surface area contributed by atoms with E-state index in [0.29, 0.717) is 11.3 Å². The predicted molar refractivity (Wildman–Crippen MR) is 82.3 cm³/mol. The number of thioether (sulfide) groups is 1. The maximum absolute atomic E-state index is 12.3. The average Bonchev–Trinajstić information content (AvgIpc) is 2.78. The lowest BCUT2D eigenvalue weighted by molar-refractivity contribution is 0.0909. The largest absolute Gasteiger partial charge is 0.451 e. The van der Waals surface area contributed by atoms with Gasteiger partial charge in [0.1, 0.15) is 5.58 Å². The molecule has 1 amide bonds. The summed E-state index contributed by atoms with van der Waals surface area (Å²) in [6.45, 7) is 3.79. The molecule has 4 nitrogen and oxygen atoms in total. The van der Waals surface area contributed by atoms with Gasteiger partial charge in [-0.1, -0.05) is 18.2 Å². The summed E-state index contributed by atoms with van der Waals surface area (Å²) >= 11 is 1.53. The number of hydrogen-bond donors (Lipinski definition) is 2. The molecule has 1 aromatic heterocycles. The molecule has 0 radical (unpaired) electrons. The number of aryl methyl sites for hydroxylation is 1. The summed E-state index contributed by atoms with van der Waals surface area (Å²) in [6.07, 6.45) is 1.91. The SMILES string of the molecule is CSC(CO)C(C)NC(=O)c1oc2ccccc2c1C. The number of aliphatic hydroxyl groups is 1. The number of carbonyl (C=O) groups is 1. The first-order valence-corrected chi connectivity index (χ1v) is 7.80. The highest BCUT2D eigenvalue weighted by Gasteiger charge is 2.22. The third kappa shape index (κ3) is 2.83. The van der Waals surface area contributed by atoms with Crippen molar-refractivity contribution in [2.45, 2.75) is 25.1 Å². The Morgan fingerprint density at radius 3 is 2.75 bits per heavy atom. The molecule has 0 aliphatic rings. The number of nitrogens with one attached hydrogen (secondary N) is 1. The van der Waals surface area contributed by atoms with Crippen molar-refractivity contribution in [3.8, 4) is 0 Å². The van der Waals surface area contributed by atoms with Crippen LogP contribution in [0.5, 0.6) is 0 Å². The molecule has 0 aliphatic heterocycles. The fourth-order valence-electron chi connectivity index (χ4n) is 2.19. The molecule has 20 heavy (non-hydrogen) atoms. The van der Waals surface area contributed by atoms with Crippen molar-refractivity contribution in [3.05, 3.63) is 35.6 Å². The Labute approximate surface area is 122 Å². The molecule has 2 aromatic rings. The first-order chi connectivity index (χ1) is 9.58. The molecule has 2 unspecified atom stereocenters. The molecule has 0 bridgehead atoms. The van der Waals surface area contributed by atoms with E-state index in [4.69, 9.17) is 4.42 Å². The lowest BCUT2D eigenvalue weighted by atomic mass is 10.1. The summed E-state index contributed by atoms with van der Waals surface area (Å²) in [6, 6.07) is 7.46. The van der Waals surface area contributed by atoms with E-state index >= 15 is 0 Å². The maximum Gasteiger partial charge on any atom is 0.287 e. The number of rotatable bonds is 5. The van der Waals surface area contributed by atoms with E-state index < -0.39 is 0 Å². The van der Waals surface area contributed by atoms with Crippen molar-refractivity contribution in [1.29, 1.82) is 0 Å². The van der Waals surface area contributed by atoms with Crippen LogP contribution in [-0.4, -0.2) is 35.2 Å². The smallest absolute Gasteiger partial charge is 0.287 e. The second-order valence-corrected chi connectivity index (χ2v) is 5.85. The number of aliphatic hydroxyl groups excluding tert-OH is 1. The van der Waals surface area contributed by atoms with Crippen LogP contribution in [0.2, 0.25) is 0 Å². The predicted octanol–water partition coefficient (Wildman–Crippen LogP) is 2.58. The Morgan fingerprint density at radius 2 is 2.15 bits per heavy atom. The van der Waals surface area contributed by atoms with Crippen molar-refractivity contribution < 1.29 is 14.3 Å². The van der Waals surface area contributed by atoms with Gasteiger partial charge in [-0.2, -0.15) is 11.8 Å². The van der Waals surface area contributed by atoms with Crippen LogP contribution in [0.4, 0.5) is 0 Å². The first-order valence-electron chi connectivity index (χ1n) is 6.51. The number of benzene rings is 1. The average molecular weight is 293 g/mol. The molecule has 1 aromatic carbocycles. The molecule has 1 heterocycles. The van der Waals surface area contributed by atoms with E-state index in [1.165, 1.54) is 11.8 Å². The number of para-hydroxylation sites is 1. The van der Waals surface area contributed by atoms with Crippen LogP contribution in [0.15, 0.2) is 28.7 Å². The first kappa shape index (κ1) is 14.9. The van der Waals surface area contributed by atoms with Gasteiger partial charge in [-0.25, -0.2) is 0 Å². The van der Waals surface area contributed by atoms with Gasteiger partial charge in [0.25, 0.3) is 5.91 Å². The summed E-state index contributed by atoms with van der Waals surface area (Å²) in [4.78, 5) is 12.3. The Balaban J connectivity index is 2.21. The van der Waals surface area contributed by atoms with Crippen LogP contribution in [0, 0.1) is 6.92 Å². The number of furan rings is 1. The van der Waals surface area contributed by atoms with Crippen LogP contribution in [0.1, 0.15) is 23.0 Å². The number of fused-ring (bicyclic) bond motifs is 1. The molecule has 108 valence electrons. The van der Waals surface area contributed by atoms with Crippen LogP contribution in [0.3, 0.4) is 0 Å². The molecule has 0 fully saturated rings. The van der Waals surface area contributed by atoms with Crippen LogP contribution < -0.4 is 5.32 Å². The minimum Gasteiger partial charge on any atom is -0.451 e. The quantitative estimate of drug-likeness (QED) is 0.889. The van der Waals surface area contributed by atoms with Crippen LogP contribution in [-0.2, 0) is 0 Å². The molecule has 0 saturated heterocycles. The summed E-state index contributed by atoms with van der Waals surface area (Å²) in [5.41, 5.74) is 1.56. The maximum atomic E-state index is 12.3. The Morgan fingerprint density at radius 1 is 1.45 bits per heavy atom. The Bertz CT molecular complexity index is 604. The summed E-state index contributed by atoms with van der Waals surface area (Å²) in [7, 11) is 0. The third-order valence-corrected chi connectivity index (χ3v) is 4.61. The van der Waals surface area contributed by atoms with Gasteiger partial charge in [-0.05, 0) is 26.2 Å². The standard InChI is InChI=1S/C15H19NO3S/c1-9-11-6-4-5-7-12(11)19-14(9)15(18)16-10(2)13(8-17)20-3/h4-7,10,13,17H,8H2,1-3H3,(H,16,18). The monoisotopic (exact) mass is 293 g/mol. The minimum atomic E-state index is -0.237. The molecule has 2 N–H and O–H groups in total. The highest BCUT2D eigenvalue weighted by atomic mass is 32.2. The van der Waals surface area contributed by atoms with Crippen molar-refractivity contribution in [2.24, 2.45) is 0 Å². The lowest BCUT2D eigenvalue weighted by Gasteiger charge is -2.20. The number of amides is 1. The third-order valence-electron chi connectivity index (χ3n) is 3.45. The van der Waals surface area contributed by atoms with Crippen molar-refractivity contribution >= 4 is 28.6 Å². The normalized spacial score (nSPS) is 14.2. The molecule has 2 atom stereocenters. The van der Waals surface area contributed by atoms with Gasteiger partial charge in [0.15, 0.2) is 5.76 Å². The molecule has 0 saturated carbocycles.